The van der Waals surface area contributed by atoms with E-state index in [1.54, 1.807) is 0 Å². The van der Waals surface area contributed by atoms with Crippen molar-refractivity contribution in [2.24, 2.45) is 5.92 Å². The van der Waals surface area contributed by atoms with E-state index in [-0.39, 0.29) is 0 Å². The summed E-state index contributed by atoms with van der Waals surface area (Å²) >= 11 is 0. The van der Waals surface area contributed by atoms with Crippen LogP contribution in [0.15, 0.2) is 0 Å². The van der Waals surface area contributed by atoms with Crippen molar-refractivity contribution in [1.82, 2.24) is 0 Å². The topological polar surface area (TPSA) is 0 Å². The van der Waals surface area contributed by atoms with Gasteiger partial charge in [0.15, 0.2) is 0 Å². The Balaban J connectivity index is 3.59. The van der Waals surface area contributed by atoms with Crippen LogP contribution in [0.1, 0.15) is 149 Å². The van der Waals surface area contributed by atoms with Gasteiger partial charge >= 0.3 is 0 Å². The molecule has 0 aromatic carbocycles. The minimum atomic E-state index is 1.02. The maximum absolute atomic E-state index is 3.98. The van der Waals surface area contributed by atoms with Gasteiger partial charge in [-0.25, -0.2) is 0 Å². The second-order valence-electron chi connectivity index (χ2n) is 8.39. The van der Waals surface area contributed by atoms with Gasteiger partial charge < -0.3 is 0 Å². The van der Waals surface area contributed by atoms with Gasteiger partial charge in [0.05, 0.1) is 0 Å². The Morgan fingerprint density at radius 2 is 0.760 bits per heavy atom. The highest BCUT2D eigenvalue weighted by molar-refractivity contribution is 4.62. The largest absolute Gasteiger partial charge is 0.0654 e. The molecule has 0 aliphatic heterocycles. The summed E-state index contributed by atoms with van der Waals surface area (Å²) in [6.45, 7) is 8.60. The molecule has 25 heavy (non-hydrogen) atoms. The molecule has 0 N–H and O–H groups in total. The lowest BCUT2D eigenvalue weighted by Gasteiger charge is -2.17. The Morgan fingerprint density at radius 1 is 0.440 bits per heavy atom. The van der Waals surface area contributed by atoms with Crippen molar-refractivity contribution in [3.8, 4) is 0 Å². The third-order valence-corrected chi connectivity index (χ3v) is 5.79. The van der Waals surface area contributed by atoms with Crippen LogP contribution in [0.2, 0.25) is 0 Å². The maximum Gasteiger partial charge on any atom is -0.0414 e. The first-order valence-corrected chi connectivity index (χ1v) is 12.1. The minimum Gasteiger partial charge on any atom is -0.0654 e. The molecule has 0 saturated heterocycles. The van der Waals surface area contributed by atoms with Crippen molar-refractivity contribution >= 4 is 0 Å². The van der Waals surface area contributed by atoms with Crippen molar-refractivity contribution in [3.05, 3.63) is 6.92 Å². The van der Waals surface area contributed by atoms with E-state index >= 15 is 0 Å². The second kappa shape index (κ2) is 22.0. The number of hydrogen-bond donors (Lipinski definition) is 0. The van der Waals surface area contributed by atoms with Gasteiger partial charge in [0.1, 0.15) is 0 Å². The van der Waals surface area contributed by atoms with Crippen LogP contribution >= 0.6 is 0 Å². The van der Waals surface area contributed by atoms with E-state index in [9.17, 15) is 0 Å². The zero-order valence-corrected chi connectivity index (χ0v) is 18.1. The van der Waals surface area contributed by atoms with Crippen molar-refractivity contribution in [2.75, 3.05) is 0 Å². The molecule has 0 heteroatoms. The zero-order chi connectivity index (χ0) is 18.4. The summed E-state index contributed by atoms with van der Waals surface area (Å²) in [6.07, 6.45) is 30.2. The van der Waals surface area contributed by atoms with E-state index in [4.69, 9.17) is 0 Å². The monoisotopic (exact) mass is 351 g/mol. The molecule has 0 aromatic heterocycles. The van der Waals surface area contributed by atoms with E-state index in [1.165, 1.54) is 128 Å². The molecule has 0 nitrogen and oxygen atoms in total. The standard InChI is InChI=1S/C25H51/c1-4-7-10-13-14-15-16-17-18-21-24-25(22-19-11-8-5-2)23-20-12-9-6-3/h25H,2,4-24H2,1,3H3. The SMILES string of the molecule is [CH2]CCCCCC(CCCCCC)CCCCCCCCCCCC. The van der Waals surface area contributed by atoms with E-state index in [2.05, 4.69) is 20.8 Å². The lowest BCUT2D eigenvalue weighted by Crippen LogP contribution is -2.01. The van der Waals surface area contributed by atoms with Gasteiger partial charge in [-0.1, -0.05) is 156 Å². The molecule has 0 rings (SSSR count). The fraction of sp³-hybridized carbons (Fsp3) is 0.960. The lowest BCUT2D eigenvalue weighted by molar-refractivity contribution is 0.367. The highest BCUT2D eigenvalue weighted by atomic mass is 14.1. The average molecular weight is 352 g/mol. The van der Waals surface area contributed by atoms with E-state index in [0.29, 0.717) is 0 Å². The van der Waals surface area contributed by atoms with Crippen LogP contribution in [0.4, 0.5) is 0 Å². The predicted molar refractivity (Wildman–Crippen MR) is 117 cm³/mol. The van der Waals surface area contributed by atoms with Crippen LogP contribution < -0.4 is 0 Å². The molecule has 151 valence electrons. The van der Waals surface area contributed by atoms with Gasteiger partial charge in [-0.3, -0.25) is 0 Å². The Labute approximate surface area is 161 Å². The molecule has 1 unspecified atom stereocenters. The van der Waals surface area contributed by atoms with E-state index < -0.39 is 0 Å². The predicted octanol–water partition coefficient (Wildman–Crippen LogP) is 9.67. The molecule has 0 aromatic rings. The van der Waals surface area contributed by atoms with Crippen molar-refractivity contribution in [1.29, 1.82) is 0 Å². The third-order valence-electron chi connectivity index (χ3n) is 5.79. The van der Waals surface area contributed by atoms with Crippen LogP contribution in [0, 0.1) is 12.8 Å². The highest BCUT2D eigenvalue weighted by Gasteiger charge is 2.08. The molecule has 0 aliphatic rings. The molecule has 0 bridgehead atoms. The van der Waals surface area contributed by atoms with Gasteiger partial charge in [-0.15, -0.1) is 0 Å². The summed E-state index contributed by atoms with van der Waals surface area (Å²) in [6, 6.07) is 0. The quantitative estimate of drug-likeness (QED) is 0.180. The summed E-state index contributed by atoms with van der Waals surface area (Å²) in [5.41, 5.74) is 0. The molecule has 0 amide bonds. The first kappa shape index (κ1) is 25.0. The van der Waals surface area contributed by atoms with E-state index in [1.807, 2.05) is 0 Å². The molecule has 0 saturated carbocycles. The molecule has 1 radical (unpaired) electrons. The van der Waals surface area contributed by atoms with Crippen LogP contribution in [-0.2, 0) is 0 Å². The van der Waals surface area contributed by atoms with Crippen LogP contribution in [0.3, 0.4) is 0 Å². The second-order valence-corrected chi connectivity index (χ2v) is 8.39. The molecule has 0 aliphatic carbocycles. The molecular formula is C25H51. The first-order valence-electron chi connectivity index (χ1n) is 12.1. The molecule has 0 fully saturated rings. The average Bonchev–Trinajstić information content (AvgIpc) is 2.63. The number of rotatable bonds is 21. The Kier molecular flexibility index (Phi) is 22.0. The molecule has 0 heterocycles. The van der Waals surface area contributed by atoms with Gasteiger partial charge in [-0.05, 0) is 5.92 Å². The van der Waals surface area contributed by atoms with Crippen LogP contribution in [0.5, 0.6) is 0 Å². The fourth-order valence-corrected chi connectivity index (χ4v) is 4.00. The third kappa shape index (κ3) is 20.2. The van der Waals surface area contributed by atoms with Crippen molar-refractivity contribution < 1.29 is 0 Å². The smallest absolute Gasteiger partial charge is 0.0414 e. The fourth-order valence-electron chi connectivity index (χ4n) is 4.00. The van der Waals surface area contributed by atoms with Crippen LogP contribution in [0.25, 0.3) is 0 Å². The summed E-state index contributed by atoms with van der Waals surface area (Å²) in [7, 11) is 0. The number of unbranched alkanes of at least 4 members (excludes halogenated alkanes) is 15. The lowest BCUT2D eigenvalue weighted by atomic mass is 9.89. The van der Waals surface area contributed by atoms with E-state index in [0.717, 1.165) is 12.3 Å². The van der Waals surface area contributed by atoms with Gasteiger partial charge in [-0.2, -0.15) is 0 Å². The van der Waals surface area contributed by atoms with Gasteiger partial charge in [0, 0.05) is 0 Å². The van der Waals surface area contributed by atoms with Crippen molar-refractivity contribution in [2.45, 2.75) is 149 Å². The zero-order valence-electron chi connectivity index (χ0n) is 18.1. The normalized spacial score (nSPS) is 11.5. The summed E-state index contributed by atoms with van der Waals surface area (Å²) in [5, 5.41) is 0. The van der Waals surface area contributed by atoms with Crippen molar-refractivity contribution in [3.63, 3.8) is 0 Å². The van der Waals surface area contributed by atoms with Gasteiger partial charge in [0.2, 0.25) is 0 Å². The highest BCUT2D eigenvalue weighted by Crippen LogP contribution is 2.24. The Hall–Kier alpha value is 0. The first-order chi connectivity index (χ1) is 12.3. The Morgan fingerprint density at radius 3 is 1.16 bits per heavy atom. The molecule has 0 spiro atoms. The molecule has 1 atom stereocenters. The Bertz CT molecular complexity index is 208. The van der Waals surface area contributed by atoms with Crippen LogP contribution in [-0.4, -0.2) is 0 Å². The maximum atomic E-state index is 3.98. The summed E-state index contributed by atoms with van der Waals surface area (Å²) in [5.74, 6) is 1.02. The summed E-state index contributed by atoms with van der Waals surface area (Å²) in [4.78, 5) is 0. The summed E-state index contributed by atoms with van der Waals surface area (Å²) < 4.78 is 0. The minimum absolute atomic E-state index is 1.02. The number of hydrogen-bond acceptors (Lipinski definition) is 0. The van der Waals surface area contributed by atoms with Gasteiger partial charge in [0.25, 0.3) is 0 Å². The molecular weight excluding hydrogens is 300 g/mol.